The third-order valence-electron chi connectivity index (χ3n) is 2.99. The lowest BCUT2D eigenvalue weighted by Crippen LogP contribution is -2.05. The molecule has 0 radical (unpaired) electrons. The number of aromatic nitrogens is 2. The van der Waals surface area contributed by atoms with Gasteiger partial charge in [0.2, 0.25) is 0 Å². The van der Waals surface area contributed by atoms with E-state index < -0.39 is 0 Å². The van der Waals surface area contributed by atoms with Crippen molar-refractivity contribution >= 4 is 11.0 Å². The van der Waals surface area contributed by atoms with E-state index in [-0.39, 0.29) is 6.10 Å². The molecule has 1 aromatic heterocycles. The molecule has 3 nitrogen and oxygen atoms in total. The highest BCUT2D eigenvalue weighted by molar-refractivity contribution is 5.74. The standard InChI is InChI=1S/C15H14N2O/c1-18-14(11-7-3-2-4-8-11)15-16-12-9-5-6-10-13(12)17-15/h2-10,14H,1H3,(H,16,17)/t14-/m0/s1. The summed E-state index contributed by atoms with van der Waals surface area (Å²) in [6.07, 6.45) is -0.154. The average Bonchev–Trinajstić information content (AvgIpc) is 2.84. The summed E-state index contributed by atoms with van der Waals surface area (Å²) in [5, 5.41) is 0. The smallest absolute Gasteiger partial charge is 0.141 e. The van der Waals surface area contributed by atoms with Crippen LogP contribution in [0.15, 0.2) is 54.6 Å². The maximum Gasteiger partial charge on any atom is 0.141 e. The Bertz CT molecular complexity index is 613. The molecule has 1 N–H and O–H groups in total. The van der Waals surface area contributed by atoms with E-state index in [1.165, 1.54) is 0 Å². The minimum atomic E-state index is -0.154. The summed E-state index contributed by atoms with van der Waals surface area (Å²) in [5.74, 6) is 0.838. The number of hydrogen-bond acceptors (Lipinski definition) is 2. The lowest BCUT2D eigenvalue weighted by Gasteiger charge is -2.12. The molecule has 0 aliphatic rings. The predicted octanol–water partition coefficient (Wildman–Crippen LogP) is 3.30. The molecule has 0 saturated carbocycles. The van der Waals surface area contributed by atoms with E-state index in [2.05, 4.69) is 9.97 Å². The Morgan fingerprint density at radius 1 is 1.00 bits per heavy atom. The molecule has 0 unspecified atom stereocenters. The number of nitrogens with zero attached hydrogens (tertiary/aromatic N) is 1. The maximum absolute atomic E-state index is 5.56. The molecule has 0 aliphatic carbocycles. The third kappa shape index (κ3) is 1.89. The summed E-state index contributed by atoms with van der Waals surface area (Å²) >= 11 is 0. The van der Waals surface area contributed by atoms with Crippen molar-refractivity contribution in [3.63, 3.8) is 0 Å². The van der Waals surface area contributed by atoms with E-state index in [1.807, 2.05) is 54.6 Å². The van der Waals surface area contributed by atoms with Crippen LogP contribution in [-0.4, -0.2) is 17.1 Å². The van der Waals surface area contributed by atoms with Gasteiger partial charge in [-0.05, 0) is 17.7 Å². The van der Waals surface area contributed by atoms with E-state index in [0.717, 1.165) is 22.4 Å². The van der Waals surface area contributed by atoms with Gasteiger partial charge in [-0.25, -0.2) is 4.98 Å². The molecule has 0 spiro atoms. The second-order valence-electron chi connectivity index (χ2n) is 4.17. The van der Waals surface area contributed by atoms with Gasteiger partial charge < -0.3 is 9.72 Å². The minimum absolute atomic E-state index is 0.154. The summed E-state index contributed by atoms with van der Waals surface area (Å²) in [5.41, 5.74) is 3.09. The van der Waals surface area contributed by atoms with Gasteiger partial charge in [-0.15, -0.1) is 0 Å². The zero-order valence-corrected chi connectivity index (χ0v) is 10.1. The number of fused-ring (bicyclic) bond motifs is 1. The van der Waals surface area contributed by atoms with Gasteiger partial charge in [0.1, 0.15) is 11.9 Å². The highest BCUT2D eigenvalue weighted by Crippen LogP contribution is 2.24. The number of rotatable bonds is 3. The topological polar surface area (TPSA) is 37.9 Å². The SMILES string of the molecule is CO[C@@H](c1ccccc1)c1nc2ccccc2[nH]1. The summed E-state index contributed by atoms with van der Waals surface area (Å²) in [6.45, 7) is 0. The van der Waals surface area contributed by atoms with Crippen molar-refractivity contribution in [3.05, 3.63) is 66.0 Å². The van der Waals surface area contributed by atoms with Gasteiger partial charge in [-0.2, -0.15) is 0 Å². The van der Waals surface area contributed by atoms with Gasteiger partial charge in [0.15, 0.2) is 0 Å². The molecule has 2 aromatic carbocycles. The lowest BCUT2D eigenvalue weighted by atomic mass is 10.1. The van der Waals surface area contributed by atoms with Crippen molar-refractivity contribution < 1.29 is 4.74 Å². The van der Waals surface area contributed by atoms with E-state index in [1.54, 1.807) is 7.11 Å². The molecule has 3 heteroatoms. The molecule has 0 aliphatic heterocycles. The van der Waals surface area contributed by atoms with Crippen LogP contribution in [0.5, 0.6) is 0 Å². The fourth-order valence-electron chi connectivity index (χ4n) is 2.13. The number of imidazole rings is 1. The number of para-hydroxylation sites is 2. The monoisotopic (exact) mass is 238 g/mol. The number of nitrogens with one attached hydrogen (secondary N) is 1. The second-order valence-corrected chi connectivity index (χ2v) is 4.17. The number of hydrogen-bond donors (Lipinski definition) is 1. The van der Waals surface area contributed by atoms with Crippen molar-refractivity contribution in [2.75, 3.05) is 7.11 Å². The van der Waals surface area contributed by atoms with Crippen molar-refractivity contribution in [2.45, 2.75) is 6.10 Å². The molecule has 0 fully saturated rings. The number of H-pyrrole nitrogens is 1. The minimum Gasteiger partial charge on any atom is -0.369 e. The summed E-state index contributed by atoms with van der Waals surface area (Å²) < 4.78 is 5.56. The van der Waals surface area contributed by atoms with Crippen LogP contribution in [-0.2, 0) is 4.74 Å². The molecular formula is C15H14N2O. The normalized spacial score (nSPS) is 12.7. The van der Waals surface area contributed by atoms with Crippen molar-refractivity contribution in [1.82, 2.24) is 9.97 Å². The van der Waals surface area contributed by atoms with Crippen molar-refractivity contribution in [1.29, 1.82) is 0 Å². The van der Waals surface area contributed by atoms with Crippen molar-refractivity contribution in [2.24, 2.45) is 0 Å². The Hall–Kier alpha value is -2.13. The molecule has 0 saturated heterocycles. The van der Waals surface area contributed by atoms with Gasteiger partial charge in [0.25, 0.3) is 0 Å². The molecule has 90 valence electrons. The Morgan fingerprint density at radius 3 is 2.44 bits per heavy atom. The van der Waals surface area contributed by atoms with Gasteiger partial charge >= 0.3 is 0 Å². The van der Waals surface area contributed by atoms with Crippen LogP contribution in [0.4, 0.5) is 0 Å². The van der Waals surface area contributed by atoms with Crippen LogP contribution in [0.1, 0.15) is 17.5 Å². The zero-order valence-electron chi connectivity index (χ0n) is 10.1. The summed E-state index contributed by atoms with van der Waals surface area (Å²) in [4.78, 5) is 7.89. The average molecular weight is 238 g/mol. The molecule has 0 bridgehead atoms. The first kappa shape index (κ1) is 11.0. The van der Waals surface area contributed by atoms with Gasteiger partial charge in [0.05, 0.1) is 11.0 Å². The molecule has 1 heterocycles. The Morgan fingerprint density at radius 2 is 1.72 bits per heavy atom. The first-order chi connectivity index (χ1) is 8.88. The highest BCUT2D eigenvalue weighted by atomic mass is 16.5. The summed E-state index contributed by atoms with van der Waals surface area (Å²) in [6, 6.07) is 18.1. The second kappa shape index (κ2) is 4.63. The molecule has 18 heavy (non-hydrogen) atoms. The quantitative estimate of drug-likeness (QED) is 0.760. The van der Waals surface area contributed by atoms with Crippen LogP contribution in [0.2, 0.25) is 0 Å². The Balaban J connectivity index is 2.06. The molecule has 3 aromatic rings. The van der Waals surface area contributed by atoms with E-state index in [4.69, 9.17) is 4.74 Å². The van der Waals surface area contributed by atoms with E-state index >= 15 is 0 Å². The molecule has 3 rings (SSSR count). The Kier molecular flexibility index (Phi) is 2.82. The van der Waals surface area contributed by atoms with Gasteiger partial charge in [-0.3, -0.25) is 0 Å². The van der Waals surface area contributed by atoms with Crippen LogP contribution in [0.3, 0.4) is 0 Å². The zero-order chi connectivity index (χ0) is 12.4. The van der Waals surface area contributed by atoms with Gasteiger partial charge in [0, 0.05) is 7.11 Å². The van der Waals surface area contributed by atoms with Crippen LogP contribution >= 0.6 is 0 Å². The molecule has 0 amide bonds. The largest absolute Gasteiger partial charge is 0.369 e. The molecule has 1 atom stereocenters. The number of benzene rings is 2. The number of aromatic amines is 1. The summed E-state index contributed by atoms with van der Waals surface area (Å²) in [7, 11) is 1.70. The fourth-order valence-corrected chi connectivity index (χ4v) is 2.13. The number of methoxy groups -OCH3 is 1. The van der Waals surface area contributed by atoms with Crippen molar-refractivity contribution in [3.8, 4) is 0 Å². The van der Waals surface area contributed by atoms with Crippen LogP contribution < -0.4 is 0 Å². The fraction of sp³-hybridized carbons (Fsp3) is 0.133. The highest BCUT2D eigenvalue weighted by Gasteiger charge is 2.16. The first-order valence-corrected chi connectivity index (χ1v) is 5.91. The Labute approximate surface area is 105 Å². The number of ether oxygens (including phenoxy) is 1. The maximum atomic E-state index is 5.56. The molecular weight excluding hydrogens is 224 g/mol. The third-order valence-corrected chi connectivity index (χ3v) is 2.99. The van der Waals surface area contributed by atoms with E-state index in [9.17, 15) is 0 Å². The first-order valence-electron chi connectivity index (χ1n) is 5.91. The van der Waals surface area contributed by atoms with Crippen LogP contribution in [0.25, 0.3) is 11.0 Å². The predicted molar refractivity (Wildman–Crippen MR) is 71.4 cm³/mol. The lowest BCUT2D eigenvalue weighted by molar-refractivity contribution is 0.130. The van der Waals surface area contributed by atoms with Gasteiger partial charge in [-0.1, -0.05) is 42.5 Å². The van der Waals surface area contributed by atoms with Crippen LogP contribution in [0, 0.1) is 0 Å². The van der Waals surface area contributed by atoms with E-state index in [0.29, 0.717) is 0 Å².